The third-order valence-electron chi connectivity index (χ3n) is 2.40. The molecule has 0 radical (unpaired) electrons. The van der Waals surface area contributed by atoms with Crippen LogP contribution in [0.5, 0.6) is 0 Å². The Balaban J connectivity index is 2.15. The normalized spacial score (nSPS) is 10.5. The number of esters is 1. The van der Waals surface area contributed by atoms with Gasteiger partial charge in [-0.3, -0.25) is 4.79 Å². The van der Waals surface area contributed by atoms with Crippen LogP contribution in [0.15, 0.2) is 29.4 Å². The van der Waals surface area contributed by atoms with Crippen LogP contribution in [-0.4, -0.2) is 33.2 Å². The highest BCUT2D eigenvalue weighted by atomic mass is 32.2. The number of halogens is 1. The van der Waals surface area contributed by atoms with E-state index < -0.39 is 5.82 Å². The van der Waals surface area contributed by atoms with E-state index in [2.05, 4.69) is 10.2 Å². The number of nitrogens with zero attached hydrogens (tertiary/aromatic N) is 3. The van der Waals surface area contributed by atoms with Gasteiger partial charge in [-0.1, -0.05) is 23.9 Å². The predicted octanol–water partition coefficient (Wildman–Crippen LogP) is 1.45. The first-order valence-corrected chi connectivity index (χ1v) is 6.85. The lowest BCUT2D eigenvalue weighted by Gasteiger charge is -2.04. The summed E-state index contributed by atoms with van der Waals surface area (Å²) in [6.07, 6.45) is 0. The van der Waals surface area contributed by atoms with E-state index in [0.29, 0.717) is 11.8 Å². The number of rotatable bonds is 5. The molecule has 0 unspecified atom stereocenters. The van der Waals surface area contributed by atoms with E-state index in [1.165, 1.54) is 6.07 Å². The number of benzene rings is 1. The number of aromatic nitrogens is 3. The van der Waals surface area contributed by atoms with Crippen LogP contribution in [0.25, 0.3) is 11.4 Å². The number of hydrogen-bond donors (Lipinski definition) is 1. The number of nitrogens with two attached hydrogens (primary N) is 1. The van der Waals surface area contributed by atoms with Gasteiger partial charge in [0.2, 0.25) is 5.16 Å². The average molecular weight is 296 g/mol. The second kappa shape index (κ2) is 6.38. The van der Waals surface area contributed by atoms with Gasteiger partial charge in [-0.2, -0.15) is 0 Å². The molecule has 0 saturated heterocycles. The van der Waals surface area contributed by atoms with Crippen LogP contribution in [-0.2, 0) is 9.53 Å². The molecular formula is C12H13FN4O2S. The van der Waals surface area contributed by atoms with Crippen molar-refractivity contribution in [3.05, 3.63) is 30.1 Å². The molecule has 0 aliphatic heterocycles. The lowest BCUT2D eigenvalue weighted by atomic mass is 10.2. The highest BCUT2D eigenvalue weighted by molar-refractivity contribution is 7.99. The average Bonchev–Trinajstić information content (AvgIpc) is 2.79. The molecule has 0 aliphatic carbocycles. The lowest BCUT2D eigenvalue weighted by Crippen LogP contribution is -2.13. The van der Waals surface area contributed by atoms with Crippen LogP contribution < -0.4 is 5.84 Å². The second-order valence-corrected chi connectivity index (χ2v) is 4.69. The van der Waals surface area contributed by atoms with Crippen molar-refractivity contribution in [3.63, 3.8) is 0 Å². The fraction of sp³-hybridized carbons (Fsp3) is 0.250. The molecule has 2 aromatic rings. The molecule has 0 saturated carbocycles. The summed E-state index contributed by atoms with van der Waals surface area (Å²) in [5.41, 5.74) is 0.255. The molecule has 0 atom stereocenters. The Labute approximate surface area is 119 Å². The molecular weight excluding hydrogens is 283 g/mol. The minimum Gasteiger partial charge on any atom is -0.465 e. The molecule has 0 aliphatic rings. The zero-order chi connectivity index (χ0) is 14.5. The zero-order valence-electron chi connectivity index (χ0n) is 10.7. The summed E-state index contributed by atoms with van der Waals surface area (Å²) >= 11 is 1.08. The SMILES string of the molecule is CCOC(=O)CSc1nnc(-c2ccccc2F)n1N. The zero-order valence-corrected chi connectivity index (χ0v) is 11.6. The monoisotopic (exact) mass is 296 g/mol. The second-order valence-electron chi connectivity index (χ2n) is 3.75. The van der Waals surface area contributed by atoms with Crippen LogP contribution in [0.3, 0.4) is 0 Å². The highest BCUT2D eigenvalue weighted by Gasteiger charge is 2.16. The molecule has 2 rings (SSSR count). The molecule has 8 heteroatoms. The van der Waals surface area contributed by atoms with Gasteiger partial charge in [0.15, 0.2) is 5.82 Å². The molecule has 1 aromatic heterocycles. The van der Waals surface area contributed by atoms with E-state index in [4.69, 9.17) is 10.6 Å². The van der Waals surface area contributed by atoms with Crippen LogP contribution in [0.2, 0.25) is 0 Å². The van der Waals surface area contributed by atoms with Crippen molar-refractivity contribution in [2.45, 2.75) is 12.1 Å². The summed E-state index contributed by atoms with van der Waals surface area (Å²) in [7, 11) is 0. The Morgan fingerprint density at radius 3 is 2.90 bits per heavy atom. The van der Waals surface area contributed by atoms with Crippen molar-refractivity contribution >= 4 is 17.7 Å². The fourth-order valence-corrected chi connectivity index (χ4v) is 2.18. The van der Waals surface area contributed by atoms with E-state index in [0.717, 1.165) is 16.4 Å². The van der Waals surface area contributed by atoms with Gasteiger partial charge in [0, 0.05) is 0 Å². The van der Waals surface area contributed by atoms with Gasteiger partial charge in [-0.15, -0.1) is 10.2 Å². The maximum absolute atomic E-state index is 13.7. The van der Waals surface area contributed by atoms with Crippen molar-refractivity contribution in [2.24, 2.45) is 0 Å². The van der Waals surface area contributed by atoms with Gasteiger partial charge >= 0.3 is 5.97 Å². The maximum atomic E-state index is 13.7. The Morgan fingerprint density at radius 1 is 1.45 bits per heavy atom. The highest BCUT2D eigenvalue weighted by Crippen LogP contribution is 2.23. The quantitative estimate of drug-likeness (QED) is 0.511. The Bertz CT molecular complexity index is 617. The minimum atomic E-state index is -0.437. The van der Waals surface area contributed by atoms with Crippen LogP contribution in [0, 0.1) is 5.82 Å². The molecule has 0 fully saturated rings. The summed E-state index contributed by atoms with van der Waals surface area (Å²) in [4.78, 5) is 11.3. The Morgan fingerprint density at radius 2 is 2.20 bits per heavy atom. The first kappa shape index (κ1) is 14.3. The summed E-state index contributed by atoms with van der Waals surface area (Å²) in [6, 6.07) is 6.13. The third-order valence-corrected chi connectivity index (χ3v) is 3.32. The molecule has 1 aromatic carbocycles. The molecule has 0 amide bonds. The summed E-state index contributed by atoms with van der Waals surface area (Å²) < 4.78 is 19.6. The van der Waals surface area contributed by atoms with E-state index in [-0.39, 0.29) is 23.1 Å². The van der Waals surface area contributed by atoms with Gasteiger partial charge in [0.25, 0.3) is 0 Å². The van der Waals surface area contributed by atoms with E-state index in [1.54, 1.807) is 25.1 Å². The van der Waals surface area contributed by atoms with Crippen molar-refractivity contribution in [3.8, 4) is 11.4 Å². The molecule has 1 heterocycles. The van der Waals surface area contributed by atoms with E-state index >= 15 is 0 Å². The van der Waals surface area contributed by atoms with Crippen LogP contribution in [0.1, 0.15) is 6.92 Å². The molecule has 0 spiro atoms. The maximum Gasteiger partial charge on any atom is 0.316 e. The summed E-state index contributed by atoms with van der Waals surface area (Å²) in [6.45, 7) is 2.04. The number of nitrogen functional groups attached to an aromatic ring is 1. The molecule has 2 N–H and O–H groups in total. The Hall–Kier alpha value is -2.09. The number of carbonyl (C=O) groups excluding carboxylic acids is 1. The summed E-state index contributed by atoms with van der Waals surface area (Å²) in [5.74, 6) is 5.29. The van der Waals surface area contributed by atoms with Crippen molar-refractivity contribution in [2.75, 3.05) is 18.2 Å². The van der Waals surface area contributed by atoms with Gasteiger partial charge in [-0.25, -0.2) is 9.07 Å². The van der Waals surface area contributed by atoms with Gasteiger partial charge < -0.3 is 10.6 Å². The predicted molar refractivity (Wildman–Crippen MR) is 72.9 cm³/mol. The molecule has 0 bridgehead atoms. The molecule has 20 heavy (non-hydrogen) atoms. The number of thioether (sulfide) groups is 1. The standard InChI is InChI=1S/C12H13FN4O2S/c1-2-19-10(18)7-20-12-16-15-11(17(12)14)8-5-3-4-6-9(8)13/h3-6H,2,7,14H2,1H3. The van der Waals surface area contributed by atoms with Crippen LogP contribution in [0.4, 0.5) is 4.39 Å². The number of carbonyl (C=O) groups is 1. The minimum absolute atomic E-state index is 0.0699. The Kier molecular flexibility index (Phi) is 4.57. The third kappa shape index (κ3) is 3.08. The van der Waals surface area contributed by atoms with E-state index in [1.807, 2.05) is 0 Å². The lowest BCUT2D eigenvalue weighted by molar-refractivity contribution is -0.139. The van der Waals surface area contributed by atoms with Crippen molar-refractivity contribution < 1.29 is 13.9 Å². The van der Waals surface area contributed by atoms with Gasteiger partial charge in [0.05, 0.1) is 17.9 Å². The van der Waals surface area contributed by atoms with Crippen molar-refractivity contribution in [1.82, 2.24) is 14.9 Å². The summed E-state index contributed by atoms with van der Waals surface area (Å²) in [5, 5.41) is 8.00. The first-order valence-electron chi connectivity index (χ1n) is 5.87. The molecule has 106 valence electrons. The van der Waals surface area contributed by atoms with E-state index in [9.17, 15) is 9.18 Å². The fourth-order valence-electron chi connectivity index (χ4n) is 1.53. The first-order chi connectivity index (χ1) is 9.63. The van der Waals surface area contributed by atoms with Gasteiger partial charge in [-0.05, 0) is 19.1 Å². The number of ether oxygens (including phenoxy) is 1. The van der Waals surface area contributed by atoms with Crippen molar-refractivity contribution in [1.29, 1.82) is 0 Å². The van der Waals surface area contributed by atoms with Crippen LogP contribution >= 0.6 is 11.8 Å². The van der Waals surface area contributed by atoms with Gasteiger partial charge in [0.1, 0.15) is 5.82 Å². The topological polar surface area (TPSA) is 83.0 Å². The smallest absolute Gasteiger partial charge is 0.316 e. The number of hydrogen-bond acceptors (Lipinski definition) is 6. The molecule has 6 nitrogen and oxygen atoms in total. The largest absolute Gasteiger partial charge is 0.465 e.